The van der Waals surface area contributed by atoms with Gasteiger partial charge in [-0.2, -0.15) is 0 Å². The minimum absolute atomic E-state index is 0.378. The van der Waals surface area contributed by atoms with Gasteiger partial charge in [0, 0.05) is 10.6 Å². The van der Waals surface area contributed by atoms with Gasteiger partial charge in [0.05, 0.1) is 12.7 Å². The number of methoxy groups -OCH3 is 1. The monoisotopic (exact) mass is 396 g/mol. The predicted molar refractivity (Wildman–Crippen MR) is 109 cm³/mol. The van der Waals surface area contributed by atoms with Gasteiger partial charge in [0.15, 0.2) is 11.5 Å². The lowest BCUT2D eigenvalue weighted by Gasteiger charge is -2.16. The van der Waals surface area contributed by atoms with Gasteiger partial charge in [-0.3, -0.25) is 0 Å². The highest BCUT2D eigenvalue weighted by molar-refractivity contribution is 6.31. The summed E-state index contributed by atoms with van der Waals surface area (Å²) in [5.41, 5.74) is 2.18. The maximum absolute atomic E-state index is 12.5. The van der Waals surface area contributed by atoms with E-state index in [2.05, 4.69) is 0 Å². The van der Waals surface area contributed by atoms with Crippen molar-refractivity contribution in [2.24, 2.45) is 0 Å². The molecule has 0 bridgehead atoms. The number of carbonyl (C=O) groups is 1. The third-order valence-electron chi connectivity index (χ3n) is 4.26. The largest absolute Gasteiger partial charge is 0.493 e. The van der Waals surface area contributed by atoms with Crippen LogP contribution in [0.15, 0.2) is 72.8 Å². The molecule has 0 heterocycles. The van der Waals surface area contributed by atoms with Crippen LogP contribution in [-0.4, -0.2) is 13.1 Å². The lowest BCUT2D eigenvalue weighted by Crippen LogP contribution is -2.10. The molecule has 28 heavy (non-hydrogen) atoms. The van der Waals surface area contributed by atoms with Gasteiger partial charge in [-0.25, -0.2) is 4.79 Å². The zero-order valence-corrected chi connectivity index (χ0v) is 16.5. The molecule has 4 nitrogen and oxygen atoms in total. The van der Waals surface area contributed by atoms with Gasteiger partial charge in [0.25, 0.3) is 0 Å². The molecule has 0 N–H and O–H groups in total. The Morgan fingerprint density at radius 2 is 1.68 bits per heavy atom. The molecule has 0 saturated carbocycles. The summed E-state index contributed by atoms with van der Waals surface area (Å²) in [6.45, 7) is 2.19. The predicted octanol–water partition coefficient (Wildman–Crippen LogP) is 5.85. The summed E-state index contributed by atoms with van der Waals surface area (Å²) in [4.78, 5) is 12.5. The number of carbonyl (C=O) groups excluding carboxylic acids is 1. The molecule has 0 aliphatic carbocycles. The number of rotatable bonds is 7. The molecule has 0 radical (unpaired) electrons. The van der Waals surface area contributed by atoms with Crippen LogP contribution in [-0.2, 0) is 11.3 Å². The minimum atomic E-state index is -0.471. The van der Waals surface area contributed by atoms with Crippen molar-refractivity contribution in [1.82, 2.24) is 0 Å². The standard InChI is InChI=1S/C23H21ClO4/c1-16(19-10-6-7-11-20(19)24)28-23(25)18-12-13-21(22(14-18)26-2)27-15-17-8-4-3-5-9-17/h3-14,16H,15H2,1-2H3/t16-/m1/s1. The van der Waals surface area contributed by atoms with Crippen molar-refractivity contribution < 1.29 is 19.0 Å². The summed E-state index contributed by atoms with van der Waals surface area (Å²) in [6.07, 6.45) is -0.471. The van der Waals surface area contributed by atoms with Crippen molar-refractivity contribution in [2.75, 3.05) is 7.11 Å². The summed E-state index contributed by atoms with van der Waals surface area (Å²) < 4.78 is 16.8. The quantitative estimate of drug-likeness (QED) is 0.470. The molecular weight excluding hydrogens is 376 g/mol. The molecular formula is C23H21ClO4. The summed E-state index contributed by atoms with van der Waals surface area (Å²) in [5.74, 6) is 0.568. The normalized spacial score (nSPS) is 11.5. The van der Waals surface area contributed by atoms with Crippen molar-refractivity contribution in [1.29, 1.82) is 0 Å². The van der Waals surface area contributed by atoms with Gasteiger partial charge in [-0.05, 0) is 36.8 Å². The Hall–Kier alpha value is -2.98. The molecule has 3 aromatic carbocycles. The van der Waals surface area contributed by atoms with Gasteiger partial charge in [-0.1, -0.05) is 60.1 Å². The third-order valence-corrected chi connectivity index (χ3v) is 4.61. The van der Waals surface area contributed by atoms with Crippen molar-refractivity contribution in [3.63, 3.8) is 0 Å². The first-order valence-corrected chi connectivity index (χ1v) is 9.26. The van der Waals surface area contributed by atoms with Gasteiger partial charge >= 0.3 is 5.97 Å². The summed E-state index contributed by atoms with van der Waals surface area (Å²) >= 11 is 6.17. The lowest BCUT2D eigenvalue weighted by molar-refractivity contribution is 0.0337. The van der Waals surface area contributed by atoms with E-state index in [0.29, 0.717) is 28.7 Å². The molecule has 144 valence electrons. The van der Waals surface area contributed by atoms with Crippen LogP contribution in [0.1, 0.15) is 34.5 Å². The molecule has 3 aromatic rings. The minimum Gasteiger partial charge on any atom is -0.493 e. The molecule has 3 rings (SSSR count). The van der Waals surface area contributed by atoms with Crippen molar-refractivity contribution >= 4 is 17.6 Å². The van der Waals surface area contributed by atoms with Gasteiger partial charge in [-0.15, -0.1) is 0 Å². The Morgan fingerprint density at radius 1 is 0.964 bits per heavy atom. The molecule has 1 atom stereocenters. The van der Waals surface area contributed by atoms with E-state index in [9.17, 15) is 4.79 Å². The van der Waals surface area contributed by atoms with Gasteiger partial charge in [0.1, 0.15) is 12.7 Å². The van der Waals surface area contributed by atoms with E-state index in [-0.39, 0.29) is 0 Å². The van der Waals surface area contributed by atoms with E-state index in [1.54, 1.807) is 31.2 Å². The smallest absolute Gasteiger partial charge is 0.338 e. The van der Waals surface area contributed by atoms with E-state index in [0.717, 1.165) is 11.1 Å². The van der Waals surface area contributed by atoms with Crippen LogP contribution in [0.4, 0.5) is 0 Å². The van der Waals surface area contributed by atoms with Crippen LogP contribution < -0.4 is 9.47 Å². The topological polar surface area (TPSA) is 44.8 Å². The van der Waals surface area contributed by atoms with Crippen LogP contribution in [0.5, 0.6) is 11.5 Å². The van der Waals surface area contributed by atoms with E-state index in [4.69, 9.17) is 25.8 Å². The van der Waals surface area contributed by atoms with Crippen LogP contribution in [0.3, 0.4) is 0 Å². The first-order valence-electron chi connectivity index (χ1n) is 8.88. The van der Waals surface area contributed by atoms with E-state index >= 15 is 0 Å². The molecule has 0 amide bonds. The number of ether oxygens (including phenoxy) is 3. The second-order valence-electron chi connectivity index (χ2n) is 6.21. The molecule has 0 fully saturated rings. The highest BCUT2D eigenvalue weighted by Gasteiger charge is 2.17. The van der Waals surface area contributed by atoms with Crippen LogP contribution >= 0.6 is 11.6 Å². The fourth-order valence-corrected chi connectivity index (χ4v) is 3.04. The average molecular weight is 397 g/mol. The molecule has 0 aliphatic rings. The summed E-state index contributed by atoms with van der Waals surface area (Å²) in [5, 5.41) is 0.560. The number of benzene rings is 3. The number of halogens is 1. The van der Waals surface area contributed by atoms with Crippen molar-refractivity contribution in [3.8, 4) is 11.5 Å². The highest BCUT2D eigenvalue weighted by atomic mass is 35.5. The molecule has 0 unspecified atom stereocenters. The average Bonchev–Trinajstić information content (AvgIpc) is 2.73. The molecule has 0 aliphatic heterocycles. The maximum Gasteiger partial charge on any atom is 0.338 e. The Morgan fingerprint density at radius 3 is 2.39 bits per heavy atom. The lowest BCUT2D eigenvalue weighted by atomic mass is 10.1. The summed E-state index contributed by atoms with van der Waals surface area (Å²) in [6, 6.07) is 22.1. The van der Waals surface area contributed by atoms with Crippen LogP contribution in [0.25, 0.3) is 0 Å². The van der Waals surface area contributed by atoms with Crippen LogP contribution in [0, 0.1) is 0 Å². The first kappa shape index (κ1) is 19.8. The van der Waals surface area contributed by atoms with Gasteiger partial charge < -0.3 is 14.2 Å². The number of hydrogen-bond acceptors (Lipinski definition) is 4. The number of hydrogen-bond donors (Lipinski definition) is 0. The fourth-order valence-electron chi connectivity index (χ4n) is 2.75. The number of esters is 1. The molecule has 0 spiro atoms. The second kappa shape index (κ2) is 9.29. The highest BCUT2D eigenvalue weighted by Crippen LogP contribution is 2.31. The molecule has 0 saturated heterocycles. The fraction of sp³-hybridized carbons (Fsp3) is 0.174. The van der Waals surface area contributed by atoms with Crippen molar-refractivity contribution in [2.45, 2.75) is 19.6 Å². The first-order chi connectivity index (χ1) is 13.6. The Kier molecular flexibility index (Phi) is 6.56. The Bertz CT molecular complexity index is 940. The Labute approximate surface area is 169 Å². The molecule has 5 heteroatoms. The zero-order valence-electron chi connectivity index (χ0n) is 15.7. The maximum atomic E-state index is 12.5. The van der Waals surface area contributed by atoms with Crippen molar-refractivity contribution in [3.05, 3.63) is 94.5 Å². The molecule has 0 aromatic heterocycles. The van der Waals surface area contributed by atoms with E-state index in [1.807, 2.05) is 48.5 Å². The Balaban J connectivity index is 1.70. The van der Waals surface area contributed by atoms with E-state index < -0.39 is 12.1 Å². The van der Waals surface area contributed by atoms with Gasteiger partial charge in [0.2, 0.25) is 0 Å². The second-order valence-corrected chi connectivity index (χ2v) is 6.62. The van der Waals surface area contributed by atoms with E-state index in [1.165, 1.54) is 7.11 Å². The van der Waals surface area contributed by atoms with Crippen LogP contribution in [0.2, 0.25) is 5.02 Å². The third kappa shape index (κ3) is 4.84. The zero-order chi connectivity index (χ0) is 19.9. The SMILES string of the molecule is COc1cc(C(=O)O[C@H](C)c2ccccc2Cl)ccc1OCc1ccccc1. The summed E-state index contributed by atoms with van der Waals surface area (Å²) in [7, 11) is 1.53.